The van der Waals surface area contributed by atoms with Crippen LogP contribution in [0.3, 0.4) is 0 Å². The lowest BCUT2D eigenvalue weighted by Gasteiger charge is -2.39. The van der Waals surface area contributed by atoms with Gasteiger partial charge in [-0.15, -0.1) is 0 Å². The van der Waals surface area contributed by atoms with Crippen molar-refractivity contribution in [2.75, 3.05) is 59.7 Å². The Labute approximate surface area is 338 Å². The second-order valence-electron chi connectivity index (χ2n) is 15.9. The molecule has 14 nitrogen and oxygen atoms in total. The number of ether oxygens (including phenoxy) is 2. The van der Waals surface area contributed by atoms with E-state index >= 15 is 0 Å². The molecule has 0 aromatic heterocycles. The molecule has 7 N–H and O–H groups in total. The average molecular weight is 792 g/mol. The smallest absolute Gasteiger partial charge is 0.245 e. The van der Waals surface area contributed by atoms with E-state index in [0.29, 0.717) is 90.9 Å². The van der Waals surface area contributed by atoms with Gasteiger partial charge in [0.25, 0.3) is 0 Å². The largest absolute Gasteiger partial charge is 0.382 e. The number of carbonyl (C=O) groups is 5. The fraction of sp³-hybridized carbons (Fsp3) is 0.605. The monoisotopic (exact) mass is 791 g/mol. The molecule has 2 aromatic carbocycles. The minimum absolute atomic E-state index is 0.0298. The highest BCUT2D eigenvalue weighted by atomic mass is 16.5. The number of rotatable bonds is 24. The van der Waals surface area contributed by atoms with Gasteiger partial charge in [-0.1, -0.05) is 74.5 Å². The number of nitrogens with zero attached hydrogens (tertiary/aromatic N) is 1. The fourth-order valence-electron chi connectivity index (χ4n) is 7.44. The number of nitrogens with one attached hydrogen (secondary N) is 5. The van der Waals surface area contributed by atoms with Crippen molar-refractivity contribution in [1.82, 2.24) is 31.5 Å². The summed E-state index contributed by atoms with van der Waals surface area (Å²) in [6.45, 7) is 8.62. The highest BCUT2D eigenvalue weighted by Gasteiger charge is 2.42. The van der Waals surface area contributed by atoms with E-state index < -0.39 is 41.9 Å². The molecule has 2 aliphatic rings. The molecular weight excluding hydrogens is 727 g/mol. The fourth-order valence-corrected chi connectivity index (χ4v) is 7.44. The molecule has 2 saturated heterocycles. The van der Waals surface area contributed by atoms with E-state index in [1.54, 1.807) is 12.0 Å². The number of nitrogens with two attached hydrogens (primary N) is 1. The molecule has 0 saturated carbocycles. The zero-order valence-electron chi connectivity index (χ0n) is 34.1. The topological polar surface area (TPSA) is 193 Å². The summed E-state index contributed by atoms with van der Waals surface area (Å²) in [5.41, 5.74) is 7.91. The molecule has 57 heavy (non-hydrogen) atoms. The first kappa shape index (κ1) is 45.3. The molecular formula is C43H65N7O7. The van der Waals surface area contributed by atoms with E-state index in [0.717, 1.165) is 24.1 Å². The summed E-state index contributed by atoms with van der Waals surface area (Å²) in [6, 6.07) is 15.1. The molecule has 2 aromatic rings. The van der Waals surface area contributed by atoms with E-state index in [2.05, 4.69) is 26.6 Å². The van der Waals surface area contributed by atoms with E-state index in [-0.39, 0.29) is 29.6 Å². The van der Waals surface area contributed by atoms with Crippen molar-refractivity contribution in [3.63, 3.8) is 0 Å². The minimum atomic E-state index is -1.00. The molecule has 2 aliphatic heterocycles. The summed E-state index contributed by atoms with van der Waals surface area (Å²) in [5, 5.41) is 15.1. The molecule has 0 unspecified atom stereocenters. The summed E-state index contributed by atoms with van der Waals surface area (Å²) in [4.78, 5) is 69.6. The molecule has 314 valence electrons. The van der Waals surface area contributed by atoms with E-state index in [1.165, 1.54) is 0 Å². The lowest BCUT2D eigenvalue weighted by atomic mass is 9.77. The lowest BCUT2D eigenvalue weighted by Crippen LogP contribution is -2.59. The van der Waals surface area contributed by atoms with Crippen molar-refractivity contribution < 1.29 is 33.4 Å². The van der Waals surface area contributed by atoms with Crippen LogP contribution in [-0.2, 0) is 46.3 Å². The van der Waals surface area contributed by atoms with E-state index in [4.69, 9.17) is 15.2 Å². The maximum Gasteiger partial charge on any atom is 0.245 e. The molecule has 14 heteroatoms. The summed E-state index contributed by atoms with van der Waals surface area (Å²) in [7, 11) is 1.63. The van der Waals surface area contributed by atoms with Crippen LogP contribution in [0.25, 0.3) is 0 Å². The van der Waals surface area contributed by atoms with Crippen LogP contribution in [0.15, 0.2) is 60.7 Å². The maximum absolute atomic E-state index is 14.2. The summed E-state index contributed by atoms with van der Waals surface area (Å²) < 4.78 is 10.5. The van der Waals surface area contributed by atoms with Gasteiger partial charge in [-0.05, 0) is 74.0 Å². The van der Waals surface area contributed by atoms with Gasteiger partial charge >= 0.3 is 0 Å². The van der Waals surface area contributed by atoms with Crippen LogP contribution in [0.5, 0.6) is 0 Å². The Morgan fingerprint density at radius 2 is 1.40 bits per heavy atom. The number of unbranched alkanes of at least 4 members (excludes halogenated alkanes) is 1. The highest BCUT2D eigenvalue weighted by Crippen LogP contribution is 2.37. The molecule has 0 radical (unpaired) electrons. The van der Waals surface area contributed by atoms with Crippen LogP contribution < -0.4 is 32.3 Å². The van der Waals surface area contributed by atoms with Crippen molar-refractivity contribution in [2.24, 2.45) is 17.1 Å². The predicted molar refractivity (Wildman–Crippen MR) is 219 cm³/mol. The third-order valence-corrected chi connectivity index (χ3v) is 10.8. The Morgan fingerprint density at radius 3 is 2.02 bits per heavy atom. The third kappa shape index (κ3) is 15.5. The van der Waals surface area contributed by atoms with Gasteiger partial charge < -0.3 is 46.7 Å². The number of methoxy groups -OCH3 is 1. The molecule has 2 heterocycles. The maximum atomic E-state index is 14.2. The van der Waals surface area contributed by atoms with Crippen molar-refractivity contribution in [3.8, 4) is 0 Å². The first-order valence-electron chi connectivity index (χ1n) is 20.6. The first-order chi connectivity index (χ1) is 27.5. The highest BCUT2D eigenvalue weighted by molar-refractivity contribution is 5.95. The van der Waals surface area contributed by atoms with Gasteiger partial charge in [0.15, 0.2) is 0 Å². The molecule has 4 rings (SSSR count). The molecule has 2 fully saturated rings. The van der Waals surface area contributed by atoms with Gasteiger partial charge in [0.2, 0.25) is 29.5 Å². The number of likely N-dealkylation sites (tertiary alicyclic amines) is 1. The van der Waals surface area contributed by atoms with Crippen LogP contribution in [0.1, 0.15) is 69.9 Å². The molecule has 0 aliphatic carbocycles. The number of carbonyl (C=O) groups excluding carboxylic acids is 5. The zero-order valence-corrected chi connectivity index (χ0v) is 34.1. The SMILES string of the molecule is COCCOCCNCCCC[C@@H](NC(=O)[C@@H](CC(C)C)NC(=O)[C@@H](Cc1ccccc1)NC(=O)[C@H](N)Cc1ccccc1)C(=O)N1CCC2(CC1)CNC(=O)C2. The van der Waals surface area contributed by atoms with Crippen molar-refractivity contribution in [3.05, 3.63) is 71.8 Å². The Bertz CT molecular complexity index is 1550. The Balaban J connectivity index is 1.43. The van der Waals surface area contributed by atoms with Gasteiger partial charge in [-0.3, -0.25) is 24.0 Å². The van der Waals surface area contributed by atoms with Gasteiger partial charge in [-0.25, -0.2) is 0 Å². The minimum Gasteiger partial charge on any atom is -0.382 e. The van der Waals surface area contributed by atoms with Crippen molar-refractivity contribution in [1.29, 1.82) is 0 Å². The van der Waals surface area contributed by atoms with Gasteiger partial charge in [0.1, 0.15) is 18.1 Å². The second-order valence-corrected chi connectivity index (χ2v) is 15.9. The standard InChI is InChI=1S/C43H65N7O7/c1-31(2)26-36(49-41(54)37(28-33-14-8-5-9-15-33)48-39(52)34(44)27-32-12-6-4-7-13-32)40(53)47-35(16-10-11-19-45-20-23-57-25-24-56-3)42(55)50-21-17-43(18-22-50)29-38(51)46-30-43/h4-9,12-15,31,34-37,45H,10-11,16-30,44H2,1-3H3,(H,46,51)(H,47,53)(H,48,52)(H,49,54)/t34-,35-,36-,37-/m1/s1. The normalized spacial score (nSPS) is 17.1. The van der Waals surface area contributed by atoms with Crippen molar-refractivity contribution in [2.45, 2.75) is 95.8 Å². The average Bonchev–Trinajstić information content (AvgIpc) is 3.56. The Hall–Kier alpha value is -4.37. The summed E-state index contributed by atoms with van der Waals surface area (Å²) >= 11 is 0. The third-order valence-electron chi connectivity index (χ3n) is 10.8. The van der Waals surface area contributed by atoms with Crippen LogP contribution in [0.2, 0.25) is 0 Å². The lowest BCUT2D eigenvalue weighted by molar-refractivity contribution is -0.139. The molecule has 4 atom stereocenters. The Morgan fingerprint density at radius 1 is 0.789 bits per heavy atom. The van der Waals surface area contributed by atoms with E-state index in [1.807, 2.05) is 74.5 Å². The predicted octanol–water partition coefficient (Wildman–Crippen LogP) is 1.85. The number of benzene rings is 2. The van der Waals surface area contributed by atoms with Crippen molar-refractivity contribution >= 4 is 29.5 Å². The molecule has 5 amide bonds. The number of piperidine rings is 1. The molecule has 1 spiro atoms. The number of amides is 5. The summed E-state index contributed by atoms with van der Waals surface area (Å²) in [5.74, 6) is -1.52. The van der Waals surface area contributed by atoms with Gasteiger partial charge in [0, 0.05) is 46.1 Å². The van der Waals surface area contributed by atoms with Gasteiger partial charge in [0.05, 0.1) is 25.9 Å². The Kier molecular flexibility index (Phi) is 18.9. The van der Waals surface area contributed by atoms with Crippen LogP contribution in [0.4, 0.5) is 0 Å². The van der Waals surface area contributed by atoms with E-state index in [9.17, 15) is 24.0 Å². The number of hydrogen-bond acceptors (Lipinski definition) is 9. The number of hydrogen-bond donors (Lipinski definition) is 6. The second kappa shape index (κ2) is 23.8. The van der Waals surface area contributed by atoms with Crippen LogP contribution >= 0.6 is 0 Å². The van der Waals surface area contributed by atoms with Crippen LogP contribution in [0, 0.1) is 11.3 Å². The first-order valence-corrected chi connectivity index (χ1v) is 20.6. The molecule has 0 bridgehead atoms. The van der Waals surface area contributed by atoms with Crippen LogP contribution in [-0.4, -0.2) is 118 Å². The van der Waals surface area contributed by atoms with Gasteiger partial charge in [-0.2, -0.15) is 0 Å². The zero-order chi connectivity index (χ0) is 41.0. The quantitative estimate of drug-likeness (QED) is 0.0862. The summed E-state index contributed by atoms with van der Waals surface area (Å²) in [6.07, 6.45) is 4.60.